The summed E-state index contributed by atoms with van der Waals surface area (Å²) < 4.78 is 12.5. The molecule has 0 amide bonds. The van der Waals surface area contributed by atoms with Crippen LogP contribution < -0.4 is 9.47 Å². The van der Waals surface area contributed by atoms with E-state index in [-0.39, 0.29) is 5.78 Å². The molecule has 0 N–H and O–H groups in total. The van der Waals surface area contributed by atoms with E-state index in [4.69, 9.17) is 21.1 Å². The van der Waals surface area contributed by atoms with Gasteiger partial charge in [-0.3, -0.25) is 4.79 Å². The lowest BCUT2D eigenvalue weighted by molar-refractivity contribution is 0.101. The van der Waals surface area contributed by atoms with Crippen LogP contribution >= 0.6 is 27.5 Å². The topological polar surface area (TPSA) is 35.5 Å². The van der Waals surface area contributed by atoms with Crippen LogP contribution in [0.4, 0.5) is 0 Å². The Kier molecular flexibility index (Phi) is 5.01. The van der Waals surface area contributed by atoms with Crippen molar-refractivity contribution in [2.45, 2.75) is 6.61 Å². The van der Waals surface area contributed by atoms with Crippen molar-refractivity contribution in [2.24, 2.45) is 0 Å². The highest BCUT2D eigenvalue weighted by Crippen LogP contribution is 2.35. The van der Waals surface area contributed by atoms with E-state index < -0.39 is 0 Å². The van der Waals surface area contributed by atoms with Crippen LogP contribution in [0.2, 0.25) is 5.02 Å². The lowest BCUT2D eigenvalue weighted by Gasteiger charge is -2.08. The van der Waals surface area contributed by atoms with Gasteiger partial charge in [0.2, 0.25) is 5.78 Å². The third kappa shape index (κ3) is 3.92. The van der Waals surface area contributed by atoms with E-state index in [1.165, 1.54) is 0 Å². The van der Waals surface area contributed by atoms with E-state index in [0.29, 0.717) is 34.5 Å². The first-order chi connectivity index (χ1) is 13.1. The Hall–Kier alpha value is -2.56. The van der Waals surface area contributed by atoms with Gasteiger partial charge in [0, 0.05) is 21.1 Å². The molecule has 0 saturated heterocycles. The van der Waals surface area contributed by atoms with Gasteiger partial charge in [0.15, 0.2) is 5.76 Å². The second-order valence-electron chi connectivity index (χ2n) is 6.03. The van der Waals surface area contributed by atoms with Crippen molar-refractivity contribution < 1.29 is 14.3 Å². The summed E-state index contributed by atoms with van der Waals surface area (Å²) in [6, 6.07) is 20.4. The van der Waals surface area contributed by atoms with Crippen LogP contribution in [0.1, 0.15) is 21.5 Å². The number of hydrogen-bond acceptors (Lipinski definition) is 3. The molecule has 0 aromatic heterocycles. The number of hydrogen-bond donors (Lipinski definition) is 0. The van der Waals surface area contributed by atoms with E-state index in [1.807, 2.05) is 48.5 Å². The van der Waals surface area contributed by atoms with E-state index in [1.54, 1.807) is 24.3 Å². The number of carbonyl (C=O) groups excluding carboxylic acids is 1. The normalized spacial score (nSPS) is 14.1. The molecule has 0 spiro atoms. The second kappa shape index (κ2) is 7.59. The number of ether oxygens (including phenoxy) is 2. The minimum atomic E-state index is -0.134. The zero-order valence-electron chi connectivity index (χ0n) is 14.1. The fourth-order valence-electron chi connectivity index (χ4n) is 2.74. The molecular weight excluding hydrogens is 428 g/mol. The SMILES string of the molecule is O=C1/C(=C/c2ccc(Br)cc2)Oc2cc(OCc3ccccc3Cl)ccc21. The van der Waals surface area contributed by atoms with Gasteiger partial charge in [-0.05, 0) is 42.0 Å². The van der Waals surface area contributed by atoms with Crippen molar-refractivity contribution in [3.8, 4) is 11.5 Å². The zero-order chi connectivity index (χ0) is 18.8. The van der Waals surface area contributed by atoms with Crippen LogP contribution in [0.15, 0.2) is 77.0 Å². The molecule has 0 aliphatic carbocycles. The minimum absolute atomic E-state index is 0.134. The van der Waals surface area contributed by atoms with Gasteiger partial charge in [-0.25, -0.2) is 0 Å². The smallest absolute Gasteiger partial charge is 0.231 e. The first kappa shape index (κ1) is 17.8. The Labute approximate surface area is 170 Å². The molecule has 3 nitrogen and oxygen atoms in total. The molecule has 5 heteroatoms. The van der Waals surface area contributed by atoms with Gasteiger partial charge in [0.05, 0.1) is 5.56 Å². The summed E-state index contributed by atoms with van der Waals surface area (Å²) >= 11 is 9.55. The number of ketones is 1. The molecule has 0 atom stereocenters. The number of benzene rings is 3. The predicted octanol–water partition coefficient (Wildman–Crippen LogP) is 6.30. The highest BCUT2D eigenvalue weighted by atomic mass is 79.9. The molecule has 0 saturated carbocycles. The predicted molar refractivity (Wildman–Crippen MR) is 109 cm³/mol. The van der Waals surface area contributed by atoms with Gasteiger partial charge < -0.3 is 9.47 Å². The Morgan fingerprint density at radius 2 is 1.81 bits per heavy atom. The third-order valence-electron chi connectivity index (χ3n) is 4.16. The summed E-state index contributed by atoms with van der Waals surface area (Å²) in [4.78, 5) is 12.5. The lowest BCUT2D eigenvalue weighted by atomic mass is 10.1. The summed E-state index contributed by atoms with van der Waals surface area (Å²) in [5.74, 6) is 1.28. The molecule has 27 heavy (non-hydrogen) atoms. The minimum Gasteiger partial charge on any atom is -0.489 e. The maximum Gasteiger partial charge on any atom is 0.231 e. The fourth-order valence-corrected chi connectivity index (χ4v) is 3.20. The van der Waals surface area contributed by atoms with Gasteiger partial charge in [0.1, 0.15) is 18.1 Å². The number of fused-ring (bicyclic) bond motifs is 1. The summed E-state index contributed by atoms with van der Waals surface area (Å²) in [6.07, 6.45) is 1.74. The first-order valence-corrected chi connectivity index (χ1v) is 9.47. The molecule has 0 fully saturated rings. The van der Waals surface area contributed by atoms with E-state index in [2.05, 4.69) is 15.9 Å². The van der Waals surface area contributed by atoms with Crippen molar-refractivity contribution in [1.29, 1.82) is 0 Å². The average molecular weight is 442 g/mol. The highest BCUT2D eigenvalue weighted by Gasteiger charge is 2.27. The van der Waals surface area contributed by atoms with E-state index in [0.717, 1.165) is 15.6 Å². The summed E-state index contributed by atoms with van der Waals surface area (Å²) in [5, 5.41) is 0.657. The second-order valence-corrected chi connectivity index (χ2v) is 7.35. The van der Waals surface area contributed by atoms with Crippen LogP contribution in [-0.4, -0.2) is 5.78 Å². The number of halogens is 2. The van der Waals surface area contributed by atoms with E-state index in [9.17, 15) is 4.79 Å². The van der Waals surface area contributed by atoms with Crippen LogP contribution in [-0.2, 0) is 6.61 Å². The summed E-state index contributed by atoms with van der Waals surface area (Å²) in [5.41, 5.74) is 2.32. The summed E-state index contributed by atoms with van der Waals surface area (Å²) in [7, 11) is 0. The number of allylic oxidation sites excluding steroid dienone is 1. The largest absolute Gasteiger partial charge is 0.489 e. The first-order valence-electron chi connectivity index (χ1n) is 8.30. The molecule has 134 valence electrons. The van der Waals surface area contributed by atoms with Crippen LogP contribution in [0.3, 0.4) is 0 Å². The number of carbonyl (C=O) groups is 1. The quantitative estimate of drug-likeness (QED) is 0.446. The Balaban J connectivity index is 1.52. The van der Waals surface area contributed by atoms with Gasteiger partial charge in [0.25, 0.3) is 0 Å². The molecule has 4 rings (SSSR count). The van der Waals surface area contributed by atoms with Crippen molar-refractivity contribution in [1.82, 2.24) is 0 Å². The maximum absolute atomic E-state index is 12.5. The Morgan fingerprint density at radius 1 is 1.04 bits per heavy atom. The summed E-state index contributed by atoms with van der Waals surface area (Å²) in [6.45, 7) is 0.341. The maximum atomic E-state index is 12.5. The van der Waals surface area contributed by atoms with E-state index >= 15 is 0 Å². The Morgan fingerprint density at radius 3 is 2.59 bits per heavy atom. The molecule has 0 bridgehead atoms. The van der Waals surface area contributed by atoms with Gasteiger partial charge in [-0.1, -0.05) is 57.9 Å². The monoisotopic (exact) mass is 440 g/mol. The average Bonchev–Trinajstić information content (AvgIpc) is 2.98. The number of Topliss-reactive ketones (excluding diaryl/α,β-unsaturated/α-hetero) is 1. The zero-order valence-corrected chi connectivity index (χ0v) is 16.5. The van der Waals surface area contributed by atoms with Gasteiger partial charge >= 0.3 is 0 Å². The number of rotatable bonds is 4. The van der Waals surface area contributed by atoms with Crippen molar-refractivity contribution >= 4 is 39.4 Å². The molecule has 3 aromatic rings. The molecule has 0 radical (unpaired) electrons. The molecule has 3 aromatic carbocycles. The third-order valence-corrected chi connectivity index (χ3v) is 5.06. The van der Waals surface area contributed by atoms with Gasteiger partial charge in [-0.15, -0.1) is 0 Å². The fraction of sp³-hybridized carbons (Fsp3) is 0.0455. The molecule has 1 aliphatic rings. The van der Waals surface area contributed by atoms with Crippen LogP contribution in [0, 0.1) is 0 Å². The molecule has 1 aliphatic heterocycles. The van der Waals surface area contributed by atoms with Crippen molar-refractivity contribution in [3.05, 3.63) is 98.7 Å². The Bertz CT molecular complexity index is 1040. The molecule has 0 unspecified atom stereocenters. The lowest BCUT2D eigenvalue weighted by Crippen LogP contribution is -1.98. The van der Waals surface area contributed by atoms with Crippen LogP contribution in [0.5, 0.6) is 11.5 Å². The molecule has 1 heterocycles. The highest BCUT2D eigenvalue weighted by molar-refractivity contribution is 9.10. The van der Waals surface area contributed by atoms with Gasteiger partial charge in [-0.2, -0.15) is 0 Å². The molecular formula is C22H14BrClO3. The van der Waals surface area contributed by atoms with Crippen molar-refractivity contribution in [3.63, 3.8) is 0 Å². The van der Waals surface area contributed by atoms with Crippen molar-refractivity contribution in [2.75, 3.05) is 0 Å². The van der Waals surface area contributed by atoms with Crippen LogP contribution in [0.25, 0.3) is 6.08 Å². The standard InChI is InChI=1S/C22H14BrClO3/c23-16-7-5-14(6-8-16)11-21-22(25)18-10-9-17(12-20(18)27-21)26-13-15-3-1-2-4-19(15)24/h1-12H,13H2/b21-11-.